The Kier molecular flexibility index (Phi) is 6.22. The fourth-order valence-electron chi connectivity index (χ4n) is 3.28. The zero-order valence-electron chi connectivity index (χ0n) is 15.8. The van der Waals surface area contributed by atoms with E-state index in [0.29, 0.717) is 5.92 Å². The number of aryl methyl sites for hydroxylation is 2. The second kappa shape index (κ2) is 8.46. The SMILES string of the molecule is Cc1nc(NCC2CCC(NC(=O)c3cncc(C(F)(F)F)c3)CC2)sc1C. The van der Waals surface area contributed by atoms with Crippen molar-refractivity contribution in [2.45, 2.75) is 51.7 Å². The highest BCUT2D eigenvalue weighted by molar-refractivity contribution is 7.15. The van der Waals surface area contributed by atoms with Crippen LogP contribution in [0.3, 0.4) is 0 Å². The second-order valence-electron chi connectivity index (χ2n) is 7.19. The first-order valence-electron chi connectivity index (χ1n) is 9.23. The third-order valence-corrected chi connectivity index (χ3v) is 6.11. The minimum absolute atomic E-state index is 0.0253. The summed E-state index contributed by atoms with van der Waals surface area (Å²) >= 11 is 1.65. The minimum Gasteiger partial charge on any atom is -0.361 e. The van der Waals surface area contributed by atoms with Crippen molar-refractivity contribution in [1.29, 1.82) is 0 Å². The first-order chi connectivity index (χ1) is 13.2. The Bertz CT molecular complexity index is 809. The minimum atomic E-state index is -4.51. The number of hydrogen-bond acceptors (Lipinski definition) is 5. The number of thiazole rings is 1. The highest BCUT2D eigenvalue weighted by atomic mass is 32.1. The van der Waals surface area contributed by atoms with Gasteiger partial charge in [-0.2, -0.15) is 13.2 Å². The molecule has 0 saturated heterocycles. The van der Waals surface area contributed by atoms with Crippen LogP contribution in [-0.4, -0.2) is 28.5 Å². The molecule has 0 atom stereocenters. The Morgan fingerprint density at radius 2 is 1.93 bits per heavy atom. The summed E-state index contributed by atoms with van der Waals surface area (Å²) in [6.07, 6.45) is 0.881. The molecule has 1 saturated carbocycles. The van der Waals surface area contributed by atoms with Crippen molar-refractivity contribution in [3.05, 3.63) is 40.2 Å². The predicted octanol–water partition coefficient (Wildman–Crippen LogP) is 4.57. The number of amides is 1. The van der Waals surface area contributed by atoms with Crippen molar-refractivity contribution >= 4 is 22.4 Å². The Hall–Kier alpha value is -2.16. The van der Waals surface area contributed by atoms with Gasteiger partial charge in [-0.15, -0.1) is 11.3 Å². The van der Waals surface area contributed by atoms with Crippen molar-refractivity contribution in [2.24, 2.45) is 5.92 Å². The third kappa shape index (κ3) is 5.21. The molecule has 9 heteroatoms. The van der Waals surface area contributed by atoms with E-state index in [9.17, 15) is 18.0 Å². The topological polar surface area (TPSA) is 66.9 Å². The van der Waals surface area contributed by atoms with Crippen LogP contribution >= 0.6 is 11.3 Å². The Labute approximate surface area is 165 Å². The van der Waals surface area contributed by atoms with E-state index in [1.165, 1.54) is 4.88 Å². The number of aromatic nitrogens is 2. The molecule has 1 aliphatic rings. The zero-order chi connectivity index (χ0) is 20.3. The molecule has 2 heterocycles. The number of hydrogen-bond donors (Lipinski definition) is 2. The quantitative estimate of drug-likeness (QED) is 0.755. The van der Waals surface area contributed by atoms with Crippen LogP contribution in [0.1, 0.15) is 52.2 Å². The van der Waals surface area contributed by atoms with E-state index < -0.39 is 17.6 Å². The van der Waals surface area contributed by atoms with E-state index in [-0.39, 0.29) is 11.6 Å². The molecule has 28 heavy (non-hydrogen) atoms. The van der Waals surface area contributed by atoms with Gasteiger partial charge in [0.1, 0.15) is 0 Å². The van der Waals surface area contributed by atoms with Crippen molar-refractivity contribution in [1.82, 2.24) is 15.3 Å². The molecule has 2 aromatic rings. The predicted molar refractivity (Wildman–Crippen MR) is 103 cm³/mol. The van der Waals surface area contributed by atoms with Crippen LogP contribution in [0.25, 0.3) is 0 Å². The molecule has 0 aliphatic heterocycles. The number of nitrogens with one attached hydrogen (secondary N) is 2. The molecule has 152 valence electrons. The molecule has 1 fully saturated rings. The number of carbonyl (C=O) groups excluding carboxylic acids is 1. The number of carbonyl (C=O) groups is 1. The summed E-state index contributed by atoms with van der Waals surface area (Å²) < 4.78 is 38.3. The van der Waals surface area contributed by atoms with Gasteiger partial charge in [0.2, 0.25) is 0 Å². The van der Waals surface area contributed by atoms with Gasteiger partial charge in [-0.1, -0.05) is 0 Å². The van der Waals surface area contributed by atoms with Crippen LogP contribution < -0.4 is 10.6 Å². The van der Waals surface area contributed by atoms with Crippen molar-refractivity contribution in [3.8, 4) is 0 Å². The van der Waals surface area contributed by atoms with E-state index in [4.69, 9.17) is 0 Å². The second-order valence-corrected chi connectivity index (χ2v) is 8.40. The lowest BCUT2D eigenvalue weighted by molar-refractivity contribution is -0.137. The number of nitrogens with zero attached hydrogens (tertiary/aromatic N) is 2. The maximum absolute atomic E-state index is 12.8. The monoisotopic (exact) mass is 412 g/mol. The van der Waals surface area contributed by atoms with E-state index in [1.54, 1.807) is 11.3 Å². The van der Waals surface area contributed by atoms with Gasteiger partial charge in [0.05, 0.1) is 16.8 Å². The molecule has 3 rings (SSSR count). The van der Waals surface area contributed by atoms with Crippen LogP contribution in [-0.2, 0) is 6.18 Å². The highest BCUT2D eigenvalue weighted by Gasteiger charge is 2.32. The first kappa shape index (κ1) is 20.6. The normalized spacial score (nSPS) is 20.0. The molecular weight excluding hydrogens is 389 g/mol. The summed E-state index contributed by atoms with van der Waals surface area (Å²) in [7, 11) is 0. The van der Waals surface area contributed by atoms with Crippen molar-refractivity contribution < 1.29 is 18.0 Å². The smallest absolute Gasteiger partial charge is 0.361 e. The molecule has 5 nitrogen and oxygen atoms in total. The van der Waals surface area contributed by atoms with Gasteiger partial charge in [0.25, 0.3) is 5.91 Å². The van der Waals surface area contributed by atoms with Gasteiger partial charge >= 0.3 is 6.18 Å². The number of pyridine rings is 1. The Morgan fingerprint density at radius 1 is 1.21 bits per heavy atom. The fraction of sp³-hybridized carbons (Fsp3) is 0.526. The van der Waals surface area contributed by atoms with Crippen LogP contribution in [0, 0.1) is 19.8 Å². The van der Waals surface area contributed by atoms with Crippen LogP contribution in [0.2, 0.25) is 0 Å². The molecular formula is C19H23F3N4OS. The van der Waals surface area contributed by atoms with Crippen LogP contribution in [0.15, 0.2) is 18.5 Å². The number of rotatable bonds is 5. The van der Waals surface area contributed by atoms with Crippen LogP contribution in [0.5, 0.6) is 0 Å². The van der Waals surface area contributed by atoms with Gasteiger partial charge < -0.3 is 10.6 Å². The Balaban J connectivity index is 1.47. The molecule has 0 unspecified atom stereocenters. The maximum atomic E-state index is 12.8. The van der Waals surface area contributed by atoms with Gasteiger partial charge in [0, 0.05) is 29.9 Å². The summed E-state index contributed by atoms with van der Waals surface area (Å²) in [4.78, 5) is 21.5. The third-order valence-electron chi connectivity index (χ3n) is 5.08. The first-order valence-corrected chi connectivity index (χ1v) is 10.0. The average molecular weight is 412 g/mol. The average Bonchev–Trinajstić information content (AvgIpc) is 2.98. The lowest BCUT2D eigenvalue weighted by Crippen LogP contribution is -2.38. The van der Waals surface area contributed by atoms with E-state index in [0.717, 1.165) is 61.5 Å². The van der Waals surface area contributed by atoms with Gasteiger partial charge in [-0.3, -0.25) is 9.78 Å². The lowest BCUT2D eigenvalue weighted by Gasteiger charge is -2.29. The summed E-state index contributed by atoms with van der Waals surface area (Å²) in [6.45, 7) is 4.88. The molecule has 0 spiro atoms. The van der Waals surface area contributed by atoms with E-state index >= 15 is 0 Å². The van der Waals surface area contributed by atoms with Gasteiger partial charge in [-0.25, -0.2) is 4.98 Å². The lowest BCUT2D eigenvalue weighted by atomic mass is 9.86. The van der Waals surface area contributed by atoms with Crippen LogP contribution in [0.4, 0.5) is 18.3 Å². The largest absolute Gasteiger partial charge is 0.417 e. The molecule has 1 amide bonds. The summed E-state index contributed by atoms with van der Waals surface area (Å²) in [6, 6.07) is 0.818. The molecule has 0 bridgehead atoms. The van der Waals surface area contributed by atoms with Crippen molar-refractivity contribution in [2.75, 3.05) is 11.9 Å². The summed E-state index contributed by atoms with van der Waals surface area (Å²) in [5.74, 6) is -0.0122. The molecule has 2 N–H and O–H groups in total. The number of alkyl halides is 3. The zero-order valence-corrected chi connectivity index (χ0v) is 16.6. The Morgan fingerprint density at radius 3 is 2.54 bits per heavy atom. The summed E-state index contributed by atoms with van der Waals surface area (Å²) in [5, 5.41) is 7.16. The molecule has 2 aromatic heterocycles. The fourth-order valence-corrected chi connectivity index (χ4v) is 4.10. The highest BCUT2D eigenvalue weighted by Crippen LogP contribution is 2.29. The molecule has 0 aromatic carbocycles. The van der Waals surface area contributed by atoms with Gasteiger partial charge in [0.15, 0.2) is 5.13 Å². The van der Waals surface area contributed by atoms with E-state index in [1.807, 2.05) is 13.8 Å². The van der Waals surface area contributed by atoms with Crippen molar-refractivity contribution in [3.63, 3.8) is 0 Å². The number of anilines is 1. The van der Waals surface area contributed by atoms with Gasteiger partial charge in [-0.05, 0) is 51.5 Å². The van der Waals surface area contributed by atoms with E-state index in [2.05, 4.69) is 20.6 Å². The maximum Gasteiger partial charge on any atom is 0.417 e. The molecule has 1 aliphatic carbocycles. The standard InChI is InChI=1S/C19H23F3N4OS/c1-11-12(2)28-18(25-11)24-8-13-3-5-16(6-4-13)26-17(27)14-7-15(10-23-9-14)19(20,21)22/h7,9-10,13,16H,3-6,8H2,1-2H3,(H,24,25)(H,26,27). The summed E-state index contributed by atoms with van der Waals surface area (Å²) in [5.41, 5.74) is 0.0683. The number of halogens is 3. The molecule has 0 radical (unpaired) electrons.